The Morgan fingerprint density at radius 1 is 1.05 bits per heavy atom. The minimum Gasteiger partial charge on any atom is -0.508 e. The Balaban J connectivity index is 2.07. The van der Waals surface area contributed by atoms with E-state index in [9.17, 15) is 9.90 Å². The van der Waals surface area contributed by atoms with E-state index in [0.29, 0.717) is 16.4 Å². The van der Waals surface area contributed by atoms with Crippen LogP contribution in [0.5, 0.6) is 5.75 Å². The predicted molar refractivity (Wildman–Crippen MR) is 81.9 cm³/mol. The van der Waals surface area contributed by atoms with Crippen LogP contribution >= 0.6 is 23.2 Å². The first-order valence-corrected chi connectivity index (χ1v) is 6.54. The number of amides is 2. The molecule has 0 heterocycles. The van der Waals surface area contributed by atoms with E-state index in [-0.39, 0.29) is 10.8 Å². The fraction of sp³-hybridized carbons (Fsp3) is 0.0714. The first-order chi connectivity index (χ1) is 9.45. The van der Waals surface area contributed by atoms with Crippen LogP contribution < -0.4 is 10.6 Å². The molecular weight excluding hydrogens is 299 g/mol. The third kappa shape index (κ3) is 3.56. The molecule has 0 spiro atoms. The summed E-state index contributed by atoms with van der Waals surface area (Å²) in [6.07, 6.45) is 0. The van der Waals surface area contributed by atoms with Crippen molar-refractivity contribution in [3.63, 3.8) is 0 Å². The fourth-order valence-electron chi connectivity index (χ4n) is 1.56. The summed E-state index contributed by atoms with van der Waals surface area (Å²) in [5.41, 5.74) is 1.91. The molecule has 20 heavy (non-hydrogen) atoms. The van der Waals surface area contributed by atoms with Gasteiger partial charge in [-0.15, -0.1) is 0 Å². The lowest BCUT2D eigenvalue weighted by atomic mass is 10.2. The molecule has 2 aromatic rings. The smallest absolute Gasteiger partial charge is 0.323 e. The molecule has 2 aromatic carbocycles. The normalized spacial score (nSPS) is 10.2. The van der Waals surface area contributed by atoms with Crippen LogP contribution in [0.3, 0.4) is 0 Å². The lowest BCUT2D eigenvalue weighted by Crippen LogP contribution is -2.19. The standard InChI is InChI=1S/C14H12Cl2N2O2/c1-8-2-3-9(6-11(8)15)17-14(20)18-13-5-4-10(19)7-12(13)16/h2-7,19H,1H3,(H2,17,18,20). The number of halogens is 2. The molecule has 0 aliphatic carbocycles. The van der Waals surface area contributed by atoms with Gasteiger partial charge in [0.15, 0.2) is 0 Å². The first-order valence-electron chi connectivity index (χ1n) is 5.78. The molecular formula is C14H12Cl2N2O2. The molecule has 0 radical (unpaired) electrons. The number of phenolic OH excluding ortho intramolecular Hbond substituents is 1. The Bertz CT molecular complexity index is 660. The Labute approximate surface area is 126 Å². The van der Waals surface area contributed by atoms with E-state index in [4.69, 9.17) is 23.2 Å². The number of rotatable bonds is 2. The maximum absolute atomic E-state index is 11.8. The van der Waals surface area contributed by atoms with Crippen LogP contribution in [0.15, 0.2) is 36.4 Å². The zero-order chi connectivity index (χ0) is 14.7. The second-order valence-corrected chi connectivity index (χ2v) is 5.02. The van der Waals surface area contributed by atoms with Crippen LogP contribution in [0.4, 0.5) is 16.2 Å². The Morgan fingerprint density at radius 2 is 1.80 bits per heavy atom. The highest BCUT2D eigenvalue weighted by atomic mass is 35.5. The van der Waals surface area contributed by atoms with Crippen molar-refractivity contribution in [2.24, 2.45) is 0 Å². The van der Waals surface area contributed by atoms with Crippen molar-refractivity contribution in [1.82, 2.24) is 0 Å². The highest BCUT2D eigenvalue weighted by molar-refractivity contribution is 6.34. The van der Waals surface area contributed by atoms with Gasteiger partial charge < -0.3 is 15.7 Å². The Hall–Kier alpha value is -1.91. The van der Waals surface area contributed by atoms with Crippen LogP contribution in [0.1, 0.15) is 5.56 Å². The van der Waals surface area contributed by atoms with Crippen LogP contribution in [0.25, 0.3) is 0 Å². The topological polar surface area (TPSA) is 61.4 Å². The second-order valence-electron chi connectivity index (χ2n) is 4.21. The highest BCUT2D eigenvalue weighted by Gasteiger charge is 2.07. The van der Waals surface area contributed by atoms with Crippen molar-refractivity contribution in [3.05, 3.63) is 52.0 Å². The zero-order valence-corrected chi connectivity index (χ0v) is 12.1. The Morgan fingerprint density at radius 3 is 2.45 bits per heavy atom. The summed E-state index contributed by atoms with van der Waals surface area (Å²) in [6.45, 7) is 1.88. The number of aryl methyl sites for hydroxylation is 1. The van der Waals surface area contributed by atoms with E-state index in [1.165, 1.54) is 18.2 Å². The molecule has 3 N–H and O–H groups in total. The number of urea groups is 1. The van der Waals surface area contributed by atoms with Crippen LogP contribution in [-0.2, 0) is 0 Å². The number of phenols is 1. The van der Waals surface area contributed by atoms with Gasteiger partial charge in [0.2, 0.25) is 0 Å². The molecule has 0 saturated heterocycles. The maximum atomic E-state index is 11.8. The van der Waals surface area contributed by atoms with E-state index in [2.05, 4.69) is 10.6 Å². The van der Waals surface area contributed by atoms with E-state index in [1.807, 2.05) is 13.0 Å². The molecule has 0 aliphatic heterocycles. The summed E-state index contributed by atoms with van der Waals surface area (Å²) >= 11 is 11.9. The molecule has 0 aliphatic rings. The summed E-state index contributed by atoms with van der Waals surface area (Å²) in [7, 11) is 0. The minimum absolute atomic E-state index is 0.0336. The summed E-state index contributed by atoms with van der Waals surface area (Å²) in [5.74, 6) is 0.0336. The van der Waals surface area contributed by atoms with Crippen molar-refractivity contribution >= 4 is 40.6 Å². The number of hydrogen-bond acceptors (Lipinski definition) is 2. The molecule has 4 nitrogen and oxygen atoms in total. The van der Waals surface area contributed by atoms with Gasteiger partial charge in [0, 0.05) is 16.8 Å². The largest absolute Gasteiger partial charge is 0.508 e. The second kappa shape index (κ2) is 6.03. The average Bonchev–Trinajstić information content (AvgIpc) is 2.37. The molecule has 104 valence electrons. The van der Waals surface area contributed by atoms with Gasteiger partial charge in [0.05, 0.1) is 10.7 Å². The summed E-state index contributed by atoms with van der Waals surface area (Å²) in [6, 6.07) is 9.07. The highest BCUT2D eigenvalue weighted by Crippen LogP contribution is 2.26. The van der Waals surface area contributed by atoms with Gasteiger partial charge in [0.25, 0.3) is 0 Å². The van der Waals surface area contributed by atoms with Crippen LogP contribution in [-0.4, -0.2) is 11.1 Å². The van der Waals surface area contributed by atoms with Crippen molar-refractivity contribution < 1.29 is 9.90 Å². The van der Waals surface area contributed by atoms with Crippen LogP contribution in [0.2, 0.25) is 10.0 Å². The van der Waals surface area contributed by atoms with E-state index in [1.54, 1.807) is 12.1 Å². The van der Waals surface area contributed by atoms with Crippen molar-refractivity contribution in [1.29, 1.82) is 0 Å². The number of aromatic hydroxyl groups is 1. The van der Waals surface area contributed by atoms with Gasteiger partial charge in [-0.25, -0.2) is 4.79 Å². The summed E-state index contributed by atoms with van der Waals surface area (Å²) < 4.78 is 0. The molecule has 0 unspecified atom stereocenters. The molecule has 2 rings (SSSR count). The van der Waals surface area contributed by atoms with Crippen molar-refractivity contribution in [2.45, 2.75) is 6.92 Å². The number of nitrogens with one attached hydrogen (secondary N) is 2. The molecule has 2 amide bonds. The van der Waals surface area contributed by atoms with Gasteiger partial charge in [-0.1, -0.05) is 29.3 Å². The number of hydrogen-bond donors (Lipinski definition) is 3. The monoisotopic (exact) mass is 310 g/mol. The first kappa shape index (κ1) is 14.5. The average molecular weight is 311 g/mol. The van der Waals surface area contributed by atoms with Crippen molar-refractivity contribution in [2.75, 3.05) is 10.6 Å². The quantitative estimate of drug-likeness (QED) is 0.707. The minimum atomic E-state index is -0.447. The maximum Gasteiger partial charge on any atom is 0.323 e. The van der Waals surface area contributed by atoms with Crippen molar-refractivity contribution in [3.8, 4) is 5.75 Å². The number of carbonyl (C=O) groups excluding carboxylic acids is 1. The predicted octanol–water partition coefficient (Wildman–Crippen LogP) is 4.65. The zero-order valence-electron chi connectivity index (χ0n) is 10.6. The molecule has 6 heteroatoms. The molecule has 0 fully saturated rings. The number of carbonyl (C=O) groups is 1. The van der Waals surface area contributed by atoms with Gasteiger partial charge in [-0.05, 0) is 36.8 Å². The van der Waals surface area contributed by atoms with Gasteiger partial charge in [0.1, 0.15) is 5.75 Å². The third-order valence-corrected chi connectivity index (χ3v) is 3.35. The fourth-order valence-corrected chi connectivity index (χ4v) is 1.96. The van der Waals surface area contributed by atoms with Gasteiger partial charge in [-0.3, -0.25) is 0 Å². The SMILES string of the molecule is Cc1ccc(NC(=O)Nc2ccc(O)cc2Cl)cc1Cl. The molecule has 0 bridgehead atoms. The lowest BCUT2D eigenvalue weighted by molar-refractivity contribution is 0.262. The third-order valence-electron chi connectivity index (χ3n) is 2.63. The summed E-state index contributed by atoms with van der Waals surface area (Å²) in [5, 5.41) is 15.3. The van der Waals surface area contributed by atoms with E-state index in [0.717, 1.165) is 5.56 Å². The summed E-state index contributed by atoms with van der Waals surface area (Å²) in [4.78, 5) is 11.8. The van der Waals surface area contributed by atoms with E-state index < -0.39 is 6.03 Å². The van der Waals surface area contributed by atoms with Crippen LogP contribution in [0, 0.1) is 6.92 Å². The molecule has 0 atom stereocenters. The molecule has 0 aromatic heterocycles. The number of benzene rings is 2. The number of anilines is 2. The van der Waals surface area contributed by atoms with E-state index >= 15 is 0 Å². The van der Waals surface area contributed by atoms with Gasteiger partial charge >= 0.3 is 6.03 Å². The molecule has 0 saturated carbocycles. The van der Waals surface area contributed by atoms with Gasteiger partial charge in [-0.2, -0.15) is 0 Å². The lowest BCUT2D eigenvalue weighted by Gasteiger charge is -2.10. The Kier molecular flexibility index (Phi) is 4.37.